The molecule has 2 fully saturated rings. The summed E-state index contributed by atoms with van der Waals surface area (Å²) in [6, 6.07) is 8.39. The van der Waals surface area contributed by atoms with Gasteiger partial charge in [0.1, 0.15) is 5.67 Å². The molecule has 0 saturated heterocycles. The summed E-state index contributed by atoms with van der Waals surface area (Å²) in [5, 5.41) is 10.7. The van der Waals surface area contributed by atoms with Crippen LogP contribution >= 0.6 is 0 Å². The highest BCUT2D eigenvalue weighted by Gasteiger charge is 2.36. The van der Waals surface area contributed by atoms with E-state index in [1.807, 2.05) is 49.6 Å². The van der Waals surface area contributed by atoms with Gasteiger partial charge in [-0.2, -0.15) is 0 Å². The molecule has 0 radical (unpaired) electrons. The molecular weight excluding hydrogens is 563 g/mol. The summed E-state index contributed by atoms with van der Waals surface area (Å²) in [6.45, 7) is 2.29. The third kappa shape index (κ3) is 6.76. The van der Waals surface area contributed by atoms with Crippen LogP contribution in [0, 0.1) is 5.92 Å². The zero-order valence-corrected chi connectivity index (χ0v) is 26.0. The molecule has 8 heteroatoms. The quantitative estimate of drug-likeness (QED) is 0.234. The van der Waals surface area contributed by atoms with Gasteiger partial charge in [-0.05, 0) is 68.7 Å². The molecule has 0 amide bonds. The van der Waals surface area contributed by atoms with Crippen molar-refractivity contribution in [3.8, 4) is 22.5 Å². The number of rotatable bonds is 6. The van der Waals surface area contributed by atoms with Crippen LogP contribution in [0.15, 0.2) is 61.7 Å². The number of pyridine rings is 2. The zero-order valence-electron chi connectivity index (χ0n) is 27.0. The Bertz CT molecular complexity index is 1530. The van der Waals surface area contributed by atoms with Crippen LogP contribution in [0.1, 0.15) is 130 Å². The van der Waals surface area contributed by atoms with E-state index >= 15 is 0 Å². The van der Waals surface area contributed by atoms with Gasteiger partial charge in [0, 0.05) is 31.3 Å². The van der Waals surface area contributed by atoms with E-state index in [1.165, 1.54) is 38.5 Å². The topological polar surface area (TPSA) is 81.7 Å². The molecule has 4 aromatic rings. The van der Waals surface area contributed by atoms with Crippen molar-refractivity contribution in [1.82, 2.24) is 29.1 Å². The van der Waals surface area contributed by atoms with Gasteiger partial charge in [-0.3, -0.25) is 9.97 Å². The van der Waals surface area contributed by atoms with Crippen molar-refractivity contribution < 1.29 is 10.9 Å². The number of aliphatic hydroxyl groups excluding tert-OH is 1. The average molecular weight is 616 g/mol. The Morgan fingerprint density at radius 1 is 0.889 bits per heavy atom. The maximum atomic E-state index is 14.9. The van der Waals surface area contributed by atoms with E-state index in [9.17, 15) is 9.50 Å². The summed E-state index contributed by atoms with van der Waals surface area (Å²) in [4.78, 5) is 17.6. The molecule has 4 aliphatic rings. The number of alkyl halides is 1. The molecule has 3 atom stereocenters. The number of halogens is 1. The fourth-order valence-electron chi connectivity index (χ4n) is 7.86. The summed E-state index contributed by atoms with van der Waals surface area (Å²) in [5.74, 6) is 0.457. The van der Waals surface area contributed by atoms with Crippen LogP contribution in [0.4, 0.5) is 4.39 Å². The van der Waals surface area contributed by atoms with E-state index in [2.05, 4.69) is 41.2 Å². The molecule has 0 bridgehead atoms. The maximum absolute atomic E-state index is 14.9. The molecule has 2 aliphatic carbocycles. The van der Waals surface area contributed by atoms with Crippen molar-refractivity contribution in [2.45, 2.75) is 129 Å². The standard InChI is InChI=1S/C17H20FN3.C17H21N3O.C2H6.CH4/c18-17(7-2-1-3-8-17)9-6-14-16-13(5-4-10-20-16)15-11-19-12-21(14)15;21-16(12-5-2-1-3-6-12)9-14-17-13(7-4-8-19-17)15-10-18-11-20(14)15;1-2;/h4-5,10-12,14H,1-3,6-9H2;4,7-8,10-12,14,16,21H,1-3,5-6,9H2;1-2H3;1H4/i;;1D;. The maximum Gasteiger partial charge on any atom is 0.111 e. The van der Waals surface area contributed by atoms with Crippen molar-refractivity contribution >= 4 is 0 Å². The van der Waals surface area contributed by atoms with Gasteiger partial charge in [0.15, 0.2) is 0 Å². The summed E-state index contributed by atoms with van der Waals surface area (Å²) >= 11 is 0. The number of nitrogens with zero attached hydrogens (tertiary/aromatic N) is 6. The fraction of sp³-hybridized carbons (Fsp3) is 0.568. The highest BCUT2D eigenvalue weighted by Crippen LogP contribution is 2.44. The van der Waals surface area contributed by atoms with Gasteiger partial charge in [-0.1, -0.05) is 59.8 Å². The Morgan fingerprint density at radius 2 is 1.42 bits per heavy atom. The number of hydrogen-bond donors (Lipinski definition) is 1. The minimum absolute atomic E-state index is 0. The van der Waals surface area contributed by atoms with Crippen LogP contribution in [-0.4, -0.2) is 45.9 Å². The molecule has 6 heterocycles. The highest BCUT2D eigenvalue weighted by molar-refractivity contribution is 5.67. The Labute approximate surface area is 269 Å². The number of hydrogen-bond acceptors (Lipinski definition) is 5. The average Bonchev–Trinajstić information content (AvgIpc) is 3.85. The number of aromatic nitrogens is 6. The van der Waals surface area contributed by atoms with E-state index < -0.39 is 5.67 Å². The van der Waals surface area contributed by atoms with E-state index in [0.717, 1.165) is 72.4 Å². The largest absolute Gasteiger partial charge is 0.393 e. The number of fused-ring (bicyclic) bond motifs is 6. The van der Waals surface area contributed by atoms with Gasteiger partial charge >= 0.3 is 0 Å². The van der Waals surface area contributed by atoms with Crippen LogP contribution in [-0.2, 0) is 0 Å². The lowest BCUT2D eigenvalue weighted by atomic mass is 9.82. The summed E-state index contributed by atoms with van der Waals surface area (Å²) < 4.78 is 25.4. The highest BCUT2D eigenvalue weighted by atomic mass is 19.1. The Hall–Kier alpha value is -3.39. The molecule has 242 valence electrons. The molecule has 2 saturated carbocycles. The number of imidazole rings is 2. The van der Waals surface area contributed by atoms with Crippen LogP contribution in [0.25, 0.3) is 22.5 Å². The minimum Gasteiger partial charge on any atom is -0.393 e. The van der Waals surface area contributed by atoms with E-state index in [4.69, 9.17) is 1.37 Å². The predicted octanol–water partition coefficient (Wildman–Crippen LogP) is 9.14. The van der Waals surface area contributed by atoms with Gasteiger partial charge in [0.05, 0.1) is 66.0 Å². The first kappa shape index (κ1) is 31.6. The van der Waals surface area contributed by atoms with Crippen molar-refractivity contribution in [2.75, 3.05) is 0 Å². The summed E-state index contributed by atoms with van der Waals surface area (Å²) in [7, 11) is 0. The number of aliphatic hydroxyl groups is 1. The second-order valence-corrected chi connectivity index (χ2v) is 12.7. The van der Waals surface area contributed by atoms with E-state index in [0.29, 0.717) is 19.2 Å². The van der Waals surface area contributed by atoms with Gasteiger partial charge in [-0.25, -0.2) is 14.4 Å². The van der Waals surface area contributed by atoms with Gasteiger partial charge < -0.3 is 14.2 Å². The van der Waals surface area contributed by atoms with Crippen molar-refractivity contribution in [3.05, 3.63) is 73.1 Å². The van der Waals surface area contributed by atoms with Crippen LogP contribution in [0.5, 0.6) is 0 Å². The van der Waals surface area contributed by atoms with Gasteiger partial charge in [0.2, 0.25) is 0 Å². The van der Waals surface area contributed by atoms with Crippen LogP contribution < -0.4 is 0 Å². The van der Waals surface area contributed by atoms with Crippen LogP contribution in [0.2, 0.25) is 0 Å². The van der Waals surface area contributed by atoms with Crippen LogP contribution in [0.3, 0.4) is 0 Å². The molecule has 4 aromatic heterocycles. The second-order valence-electron chi connectivity index (χ2n) is 12.7. The summed E-state index contributed by atoms with van der Waals surface area (Å²) in [5.41, 5.74) is 5.75. The van der Waals surface area contributed by atoms with Crippen molar-refractivity contribution in [3.63, 3.8) is 0 Å². The fourth-order valence-corrected chi connectivity index (χ4v) is 7.86. The zero-order chi connectivity index (χ0) is 31.2. The van der Waals surface area contributed by atoms with Crippen molar-refractivity contribution in [1.29, 1.82) is 0 Å². The first-order chi connectivity index (χ1) is 22.0. The molecule has 8 rings (SSSR count). The second kappa shape index (κ2) is 14.8. The van der Waals surface area contributed by atoms with E-state index in [1.54, 1.807) is 6.92 Å². The molecule has 3 unspecified atom stereocenters. The lowest BCUT2D eigenvalue weighted by Gasteiger charge is -2.30. The molecular formula is C37H51FN6O. The molecule has 45 heavy (non-hydrogen) atoms. The molecule has 2 aliphatic heterocycles. The normalized spacial score (nSPS) is 21.7. The Morgan fingerprint density at radius 3 is 2.02 bits per heavy atom. The monoisotopic (exact) mass is 615 g/mol. The van der Waals surface area contributed by atoms with Gasteiger partial charge in [-0.15, -0.1) is 0 Å². The third-order valence-electron chi connectivity index (χ3n) is 10.1. The third-order valence-corrected chi connectivity index (χ3v) is 10.1. The van der Waals surface area contributed by atoms with E-state index in [-0.39, 0.29) is 25.6 Å². The molecule has 1 N–H and O–H groups in total. The molecule has 7 nitrogen and oxygen atoms in total. The Kier molecular flexibility index (Phi) is 10.4. The van der Waals surface area contributed by atoms with Crippen molar-refractivity contribution in [2.24, 2.45) is 5.92 Å². The van der Waals surface area contributed by atoms with Gasteiger partial charge in [0.25, 0.3) is 0 Å². The summed E-state index contributed by atoms with van der Waals surface area (Å²) in [6.07, 6.45) is 24.0. The first-order valence-electron chi connectivity index (χ1n) is 17.3. The lowest BCUT2D eigenvalue weighted by molar-refractivity contribution is 0.0683. The SMILES string of the molecule is C.FC1(CCC2c3ncccc3-c3cncn32)CCCCC1.OC(CC1c2ncccc2-c2cncn21)C1CCCCC1.[2H]CC. The molecule has 0 spiro atoms. The lowest BCUT2D eigenvalue weighted by Crippen LogP contribution is -2.27. The smallest absolute Gasteiger partial charge is 0.111 e. The predicted molar refractivity (Wildman–Crippen MR) is 179 cm³/mol. The minimum atomic E-state index is -0.962. The first-order valence-corrected chi connectivity index (χ1v) is 16.6. The molecule has 0 aromatic carbocycles. The Balaban J connectivity index is 0.000000164.